The number of nitrogens with zero attached hydrogens (tertiary/aromatic N) is 1. The highest BCUT2D eigenvalue weighted by Crippen LogP contribution is 2.29. The Morgan fingerprint density at radius 1 is 1.64 bits per heavy atom. The van der Waals surface area contributed by atoms with E-state index in [0.717, 1.165) is 25.0 Å². The molecule has 1 aliphatic rings. The number of nitrogens with one attached hydrogen (secondary N) is 1. The van der Waals surface area contributed by atoms with Gasteiger partial charge < -0.3 is 11.1 Å². The van der Waals surface area contributed by atoms with Crippen molar-refractivity contribution in [2.45, 2.75) is 26.2 Å². The lowest BCUT2D eigenvalue weighted by Crippen LogP contribution is -2.27. The SMILES string of the molecule is Cc1nc(NC(=O)C2CCC2)sc1N. The first-order valence-electron chi connectivity index (χ1n) is 4.70. The summed E-state index contributed by atoms with van der Waals surface area (Å²) in [6.07, 6.45) is 3.18. The van der Waals surface area contributed by atoms with E-state index in [0.29, 0.717) is 10.1 Å². The molecule has 76 valence electrons. The Morgan fingerprint density at radius 3 is 2.79 bits per heavy atom. The lowest BCUT2D eigenvalue weighted by Gasteiger charge is -2.23. The summed E-state index contributed by atoms with van der Waals surface area (Å²) in [5.74, 6) is 0.283. The average molecular weight is 211 g/mol. The summed E-state index contributed by atoms with van der Waals surface area (Å²) in [5.41, 5.74) is 6.43. The van der Waals surface area contributed by atoms with Crippen molar-refractivity contribution in [2.24, 2.45) is 5.92 Å². The normalized spacial score (nSPS) is 16.4. The van der Waals surface area contributed by atoms with Gasteiger partial charge in [-0.1, -0.05) is 17.8 Å². The number of aryl methyl sites for hydroxylation is 1. The van der Waals surface area contributed by atoms with E-state index in [9.17, 15) is 4.79 Å². The van der Waals surface area contributed by atoms with Crippen LogP contribution in [0.15, 0.2) is 0 Å². The van der Waals surface area contributed by atoms with Crippen molar-refractivity contribution in [1.29, 1.82) is 0 Å². The molecule has 1 aromatic heterocycles. The molecule has 5 heteroatoms. The number of hydrogen-bond acceptors (Lipinski definition) is 4. The number of thiazole rings is 1. The molecule has 0 aliphatic heterocycles. The van der Waals surface area contributed by atoms with Crippen molar-refractivity contribution in [1.82, 2.24) is 4.98 Å². The van der Waals surface area contributed by atoms with Crippen LogP contribution < -0.4 is 11.1 Å². The second kappa shape index (κ2) is 3.57. The first-order valence-corrected chi connectivity index (χ1v) is 5.52. The van der Waals surface area contributed by atoms with Gasteiger partial charge in [-0.25, -0.2) is 4.98 Å². The summed E-state index contributed by atoms with van der Waals surface area (Å²) in [7, 11) is 0. The monoisotopic (exact) mass is 211 g/mol. The fraction of sp³-hybridized carbons (Fsp3) is 0.556. The van der Waals surface area contributed by atoms with Gasteiger partial charge >= 0.3 is 0 Å². The number of nitrogens with two attached hydrogens (primary N) is 1. The Morgan fingerprint density at radius 2 is 2.36 bits per heavy atom. The number of carbonyl (C=O) groups excluding carboxylic acids is 1. The molecule has 3 N–H and O–H groups in total. The molecule has 1 saturated carbocycles. The number of carbonyl (C=O) groups is 1. The zero-order valence-electron chi connectivity index (χ0n) is 8.04. The Bertz CT molecular complexity index is 337. The van der Waals surface area contributed by atoms with Crippen molar-refractivity contribution in [3.63, 3.8) is 0 Å². The highest BCUT2D eigenvalue weighted by molar-refractivity contribution is 7.19. The largest absolute Gasteiger partial charge is 0.389 e. The van der Waals surface area contributed by atoms with Crippen LogP contribution >= 0.6 is 11.3 Å². The van der Waals surface area contributed by atoms with Gasteiger partial charge in [-0.15, -0.1) is 0 Å². The van der Waals surface area contributed by atoms with Crippen LogP contribution in [0.3, 0.4) is 0 Å². The maximum atomic E-state index is 11.5. The third-order valence-corrected chi connectivity index (χ3v) is 3.44. The van der Waals surface area contributed by atoms with Gasteiger partial charge in [0.2, 0.25) is 5.91 Å². The Kier molecular flexibility index (Phi) is 2.41. The van der Waals surface area contributed by atoms with Crippen molar-refractivity contribution in [3.05, 3.63) is 5.69 Å². The van der Waals surface area contributed by atoms with Gasteiger partial charge in [0, 0.05) is 5.92 Å². The zero-order chi connectivity index (χ0) is 10.1. The van der Waals surface area contributed by atoms with Crippen LogP contribution in [0, 0.1) is 12.8 Å². The minimum atomic E-state index is 0.0880. The molecule has 0 saturated heterocycles. The number of amides is 1. The standard InChI is InChI=1S/C9H13N3OS/c1-5-7(10)14-9(11-5)12-8(13)6-3-2-4-6/h6H,2-4,10H2,1H3,(H,11,12,13). The first-order chi connectivity index (χ1) is 6.66. The van der Waals surface area contributed by atoms with E-state index in [2.05, 4.69) is 10.3 Å². The van der Waals surface area contributed by atoms with Gasteiger partial charge in [0.1, 0.15) is 5.00 Å². The second-order valence-corrected chi connectivity index (χ2v) is 4.62. The quantitative estimate of drug-likeness (QED) is 0.783. The number of rotatable bonds is 2. The molecule has 1 aliphatic carbocycles. The number of hydrogen-bond donors (Lipinski definition) is 2. The lowest BCUT2D eigenvalue weighted by atomic mass is 9.85. The van der Waals surface area contributed by atoms with Crippen LogP contribution in [-0.2, 0) is 4.79 Å². The molecule has 0 spiro atoms. The fourth-order valence-corrected chi connectivity index (χ4v) is 2.08. The van der Waals surface area contributed by atoms with Crippen molar-refractivity contribution >= 4 is 27.4 Å². The van der Waals surface area contributed by atoms with Gasteiger partial charge in [0.25, 0.3) is 0 Å². The van der Waals surface area contributed by atoms with Crippen molar-refractivity contribution in [3.8, 4) is 0 Å². The molecule has 0 unspecified atom stereocenters. The van der Waals surface area contributed by atoms with Crippen LogP contribution in [0.25, 0.3) is 0 Å². The van der Waals surface area contributed by atoms with Crippen LogP contribution in [0.5, 0.6) is 0 Å². The van der Waals surface area contributed by atoms with Gasteiger partial charge in [-0.3, -0.25) is 4.79 Å². The summed E-state index contributed by atoms with van der Waals surface area (Å²) in [6, 6.07) is 0. The molecule has 2 rings (SSSR count). The second-order valence-electron chi connectivity index (χ2n) is 3.59. The van der Waals surface area contributed by atoms with E-state index in [1.54, 1.807) is 0 Å². The highest BCUT2D eigenvalue weighted by atomic mass is 32.1. The van der Waals surface area contributed by atoms with Crippen LogP contribution in [-0.4, -0.2) is 10.9 Å². The number of anilines is 2. The highest BCUT2D eigenvalue weighted by Gasteiger charge is 2.25. The molecule has 1 aromatic rings. The molecule has 0 aromatic carbocycles. The smallest absolute Gasteiger partial charge is 0.229 e. The van der Waals surface area contributed by atoms with Crippen molar-refractivity contribution in [2.75, 3.05) is 11.1 Å². The van der Waals surface area contributed by atoms with E-state index < -0.39 is 0 Å². The predicted molar refractivity (Wildman–Crippen MR) is 57.2 cm³/mol. The van der Waals surface area contributed by atoms with E-state index in [1.165, 1.54) is 11.3 Å². The molecule has 1 fully saturated rings. The molecule has 0 bridgehead atoms. The van der Waals surface area contributed by atoms with Crippen LogP contribution in [0.4, 0.5) is 10.1 Å². The molecule has 4 nitrogen and oxygen atoms in total. The van der Waals surface area contributed by atoms with Crippen LogP contribution in [0.1, 0.15) is 25.0 Å². The Labute approximate surface area is 86.5 Å². The number of nitrogen functional groups attached to an aromatic ring is 1. The molecule has 1 heterocycles. The maximum absolute atomic E-state index is 11.5. The minimum absolute atomic E-state index is 0.0880. The minimum Gasteiger partial charge on any atom is -0.389 e. The Balaban J connectivity index is 1.99. The van der Waals surface area contributed by atoms with Gasteiger partial charge in [0.05, 0.1) is 5.69 Å². The Hall–Kier alpha value is -1.10. The van der Waals surface area contributed by atoms with Gasteiger partial charge in [0.15, 0.2) is 5.13 Å². The van der Waals surface area contributed by atoms with Gasteiger partial charge in [-0.05, 0) is 19.8 Å². The maximum Gasteiger partial charge on any atom is 0.229 e. The summed E-state index contributed by atoms with van der Waals surface area (Å²) >= 11 is 1.33. The van der Waals surface area contributed by atoms with E-state index >= 15 is 0 Å². The molecular weight excluding hydrogens is 198 g/mol. The van der Waals surface area contributed by atoms with Gasteiger partial charge in [-0.2, -0.15) is 0 Å². The zero-order valence-corrected chi connectivity index (χ0v) is 8.86. The predicted octanol–water partition coefficient (Wildman–Crippen LogP) is 1.77. The van der Waals surface area contributed by atoms with E-state index in [-0.39, 0.29) is 11.8 Å². The molecular formula is C9H13N3OS. The van der Waals surface area contributed by atoms with E-state index in [4.69, 9.17) is 5.73 Å². The van der Waals surface area contributed by atoms with Crippen LogP contribution in [0.2, 0.25) is 0 Å². The number of aromatic nitrogens is 1. The lowest BCUT2D eigenvalue weighted by molar-refractivity contribution is -0.122. The summed E-state index contributed by atoms with van der Waals surface area (Å²) in [6.45, 7) is 1.84. The molecule has 0 radical (unpaired) electrons. The topological polar surface area (TPSA) is 68.0 Å². The summed E-state index contributed by atoms with van der Waals surface area (Å²) in [4.78, 5) is 15.7. The van der Waals surface area contributed by atoms with Crippen molar-refractivity contribution < 1.29 is 4.79 Å². The molecule has 1 amide bonds. The molecule has 0 atom stereocenters. The van der Waals surface area contributed by atoms with E-state index in [1.807, 2.05) is 6.92 Å². The summed E-state index contributed by atoms with van der Waals surface area (Å²) in [5, 5.41) is 4.09. The fourth-order valence-electron chi connectivity index (χ4n) is 1.34. The third kappa shape index (κ3) is 1.72. The summed E-state index contributed by atoms with van der Waals surface area (Å²) < 4.78 is 0. The first kappa shape index (κ1) is 9.45. The third-order valence-electron chi connectivity index (χ3n) is 2.54. The molecule has 14 heavy (non-hydrogen) atoms. The average Bonchev–Trinajstić information content (AvgIpc) is 2.26.